The Labute approximate surface area is 146 Å². The summed E-state index contributed by atoms with van der Waals surface area (Å²) >= 11 is 1.68. The Balaban J connectivity index is 1.88. The van der Waals surface area contributed by atoms with E-state index in [1.54, 1.807) is 11.3 Å². The Morgan fingerprint density at radius 1 is 1.33 bits per heavy atom. The summed E-state index contributed by atoms with van der Waals surface area (Å²) in [5.41, 5.74) is 2.41. The second-order valence-electron chi connectivity index (χ2n) is 6.13. The van der Waals surface area contributed by atoms with Gasteiger partial charge in [-0.25, -0.2) is 0 Å². The summed E-state index contributed by atoms with van der Waals surface area (Å²) in [5.74, 6) is -0.0922. The third-order valence-electron chi connectivity index (χ3n) is 4.53. The number of ether oxygens (including phenoxy) is 1. The molecule has 1 aromatic heterocycles. The van der Waals surface area contributed by atoms with E-state index in [0.717, 1.165) is 25.1 Å². The number of nitrogens with zero attached hydrogens (tertiary/aromatic N) is 1. The molecule has 1 N–H and O–H groups in total. The number of piperidine rings is 1. The van der Waals surface area contributed by atoms with Gasteiger partial charge in [0.1, 0.15) is 5.75 Å². The maximum atomic E-state index is 11.4. The number of likely N-dealkylation sites (tertiary alicyclic amines) is 1. The van der Waals surface area contributed by atoms with Crippen molar-refractivity contribution in [2.24, 2.45) is 5.92 Å². The molecule has 0 saturated carbocycles. The summed E-state index contributed by atoms with van der Waals surface area (Å²) in [6.07, 6.45) is 1.69. The number of benzene rings is 1. The number of hydrogen-bond acceptors (Lipinski definition) is 4. The third kappa shape index (κ3) is 3.79. The van der Waals surface area contributed by atoms with Crippen molar-refractivity contribution in [2.45, 2.75) is 25.8 Å². The molecule has 2 atom stereocenters. The van der Waals surface area contributed by atoms with Crippen molar-refractivity contribution in [3.05, 3.63) is 52.2 Å². The number of carbonyl (C=O) groups is 1. The number of hydrogen-bond donors (Lipinski definition) is 1. The second-order valence-corrected chi connectivity index (χ2v) is 6.91. The lowest BCUT2D eigenvalue weighted by molar-refractivity contribution is -0.143. The smallest absolute Gasteiger partial charge is 0.307 e. The zero-order valence-corrected chi connectivity index (χ0v) is 14.7. The number of carboxylic acid groups (broad SMARTS) is 1. The fraction of sp³-hybridized carbons (Fsp3) is 0.421. The van der Waals surface area contributed by atoms with Crippen LogP contribution in [0.2, 0.25) is 0 Å². The molecular formula is C19H23NO3S. The fourth-order valence-corrected chi connectivity index (χ4v) is 4.08. The molecule has 0 radical (unpaired) electrons. The van der Waals surface area contributed by atoms with Crippen molar-refractivity contribution in [3.63, 3.8) is 0 Å². The quantitative estimate of drug-likeness (QED) is 0.859. The predicted molar refractivity (Wildman–Crippen MR) is 95.7 cm³/mol. The van der Waals surface area contributed by atoms with Crippen LogP contribution in [0.25, 0.3) is 0 Å². The number of carboxylic acids is 1. The molecule has 1 aliphatic rings. The molecule has 2 heterocycles. The van der Waals surface area contributed by atoms with E-state index in [1.165, 1.54) is 11.1 Å². The van der Waals surface area contributed by atoms with Crippen molar-refractivity contribution >= 4 is 17.3 Å². The Morgan fingerprint density at radius 3 is 2.75 bits per heavy atom. The van der Waals surface area contributed by atoms with Gasteiger partial charge in [0.05, 0.1) is 18.6 Å². The van der Waals surface area contributed by atoms with Crippen LogP contribution in [0.5, 0.6) is 5.75 Å². The summed E-state index contributed by atoms with van der Waals surface area (Å²) in [6.45, 7) is 4.15. The van der Waals surface area contributed by atoms with Crippen molar-refractivity contribution in [2.75, 3.05) is 19.7 Å². The topological polar surface area (TPSA) is 49.8 Å². The van der Waals surface area contributed by atoms with Crippen LogP contribution in [0, 0.1) is 5.92 Å². The summed E-state index contributed by atoms with van der Waals surface area (Å²) in [5, 5.41) is 13.6. The van der Waals surface area contributed by atoms with E-state index in [9.17, 15) is 9.90 Å². The van der Waals surface area contributed by atoms with Gasteiger partial charge >= 0.3 is 5.97 Å². The molecule has 1 fully saturated rings. The molecule has 0 bridgehead atoms. The molecule has 128 valence electrons. The van der Waals surface area contributed by atoms with Crippen molar-refractivity contribution < 1.29 is 14.6 Å². The molecular weight excluding hydrogens is 322 g/mol. The van der Waals surface area contributed by atoms with E-state index in [2.05, 4.69) is 33.9 Å². The highest BCUT2D eigenvalue weighted by atomic mass is 32.1. The largest absolute Gasteiger partial charge is 0.494 e. The Hall–Kier alpha value is -1.85. The average molecular weight is 345 g/mol. The highest BCUT2D eigenvalue weighted by molar-refractivity contribution is 7.08. The van der Waals surface area contributed by atoms with E-state index >= 15 is 0 Å². The number of aliphatic carboxylic acids is 1. The monoisotopic (exact) mass is 345 g/mol. The van der Waals surface area contributed by atoms with Crippen LogP contribution >= 0.6 is 11.3 Å². The molecule has 4 nitrogen and oxygen atoms in total. The van der Waals surface area contributed by atoms with E-state index in [0.29, 0.717) is 13.2 Å². The first kappa shape index (κ1) is 17.0. The molecule has 1 aromatic carbocycles. The van der Waals surface area contributed by atoms with Crippen molar-refractivity contribution in [1.29, 1.82) is 0 Å². The van der Waals surface area contributed by atoms with Gasteiger partial charge in [0.25, 0.3) is 0 Å². The lowest BCUT2D eigenvalue weighted by Gasteiger charge is -2.37. The van der Waals surface area contributed by atoms with E-state index in [1.807, 2.05) is 19.1 Å². The maximum Gasteiger partial charge on any atom is 0.307 e. The zero-order valence-electron chi connectivity index (χ0n) is 13.9. The molecule has 1 aliphatic heterocycles. The number of thiophene rings is 1. The van der Waals surface area contributed by atoms with Gasteiger partial charge in [-0.2, -0.15) is 11.3 Å². The first-order valence-corrected chi connectivity index (χ1v) is 9.35. The van der Waals surface area contributed by atoms with Crippen LogP contribution < -0.4 is 4.74 Å². The van der Waals surface area contributed by atoms with Gasteiger partial charge in [-0.1, -0.05) is 12.1 Å². The van der Waals surface area contributed by atoms with Gasteiger partial charge in [0.15, 0.2) is 0 Å². The molecule has 0 aliphatic carbocycles. The molecule has 24 heavy (non-hydrogen) atoms. The zero-order chi connectivity index (χ0) is 16.9. The Bertz CT molecular complexity index is 654. The first-order chi connectivity index (χ1) is 11.7. The number of rotatable bonds is 6. The highest BCUT2D eigenvalue weighted by Gasteiger charge is 2.31. The minimum Gasteiger partial charge on any atom is -0.494 e. The van der Waals surface area contributed by atoms with Crippen molar-refractivity contribution in [1.82, 2.24) is 4.90 Å². The van der Waals surface area contributed by atoms with E-state index in [4.69, 9.17) is 4.74 Å². The molecule has 3 rings (SSSR count). The molecule has 2 aromatic rings. The van der Waals surface area contributed by atoms with Crippen molar-refractivity contribution in [3.8, 4) is 5.75 Å². The Kier molecular flexibility index (Phi) is 5.53. The first-order valence-electron chi connectivity index (χ1n) is 8.40. The van der Waals surface area contributed by atoms with Crippen LogP contribution in [0.3, 0.4) is 0 Å². The van der Waals surface area contributed by atoms with E-state index in [-0.39, 0.29) is 12.0 Å². The molecule has 2 unspecified atom stereocenters. The second kappa shape index (κ2) is 7.81. The fourth-order valence-electron chi connectivity index (χ4n) is 3.40. The minimum absolute atomic E-state index is 0.106. The van der Waals surface area contributed by atoms with E-state index < -0.39 is 5.97 Å². The highest BCUT2D eigenvalue weighted by Crippen LogP contribution is 2.34. The lowest BCUT2D eigenvalue weighted by Crippen LogP contribution is -2.41. The van der Waals surface area contributed by atoms with Crippen LogP contribution in [-0.2, 0) is 4.79 Å². The van der Waals surface area contributed by atoms with Crippen LogP contribution in [0.15, 0.2) is 41.1 Å². The standard InChI is InChI=1S/C19H23NO3S/c1-2-23-17-7-5-14(6-8-17)18(16-9-11-24-13-16)20-10-3-4-15(12-20)19(21)22/h5-9,11,13,15,18H,2-4,10,12H2,1H3,(H,21,22). The maximum absolute atomic E-state index is 11.4. The van der Waals surface area contributed by atoms with Gasteiger partial charge in [-0.05, 0) is 66.4 Å². The lowest BCUT2D eigenvalue weighted by atomic mass is 9.92. The molecule has 0 spiro atoms. The summed E-state index contributed by atoms with van der Waals surface area (Å²) < 4.78 is 5.54. The SMILES string of the molecule is CCOc1ccc(C(c2ccsc2)N2CCCC(C(=O)O)C2)cc1. The summed E-state index contributed by atoms with van der Waals surface area (Å²) in [4.78, 5) is 13.7. The summed E-state index contributed by atoms with van der Waals surface area (Å²) in [6, 6.07) is 10.4. The third-order valence-corrected chi connectivity index (χ3v) is 5.23. The minimum atomic E-state index is -0.685. The molecule has 5 heteroatoms. The molecule has 0 amide bonds. The summed E-state index contributed by atoms with van der Waals surface area (Å²) in [7, 11) is 0. The van der Waals surface area contributed by atoms with Gasteiger partial charge < -0.3 is 9.84 Å². The van der Waals surface area contributed by atoms with Gasteiger partial charge in [0.2, 0.25) is 0 Å². The predicted octanol–water partition coefficient (Wildman–Crippen LogP) is 4.03. The van der Waals surface area contributed by atoms with Gasteiger partial charge in [0, 0.05) is 6.54 Å². The Morgan fingerprint density at radius 2 is 2.12 bits per heavy atom. The van der Waals surface area contributed by atoms with Crippen LogP contribution in [0.1, 0.15) is 36.9 Å². The van der Waals surface area contributed by atoms with Gasteiger partial charge in [-0.3, -0.25) is 9.69 Å². The van der Waals surface area contributed by atoms with Gasteiger partial charge in [-0.15, -0.1) is 0 Å². The van der Waals surface area contributed by atoms with Crippen LogP contribution in [0.4, 0.5) is 0 Å². The van der Waals surface area contributed by atoms with Crippen LogP contribution in [-0.4, -0.2) is 35.7 Å². The average Bonchev–Trinajstić information content (AvgIpc) is 3.11. The normalized spacial score (nSPS) is 19.8. The molecule has 1 saturated heterocycles.